The molecule has 1 unspecified atom stereocenters. The van der Waals surface area contributed by atoms with Crippen molar-refractivity contribution in [2.45, 2.75) is 78.3 Å². The summed E-state index contributed by atoms with van der Waals surface area (Å²) in [5, 5.41) is 5.55. The van der Waals surface area contributed by atoms with Crippen LogP contribution in [0.5, 0.6) is 0 Å². The van der Waals surface area contributed by atoms with Gasteiger partial charge >= 0.3 is 0 Å². The Hall–Kier alpha value is -4.25. The van der Waals surface area contributed by atoms with Crippen molar-refractivity contribution in [3.8, 4) is 0 Å². The number of piperidine rings is 1. The molecule has 8 rings (SSSR count). The maximum Gasteiger partial charge on any atom is 0.262 e. The molecule has 2 saturated carbocycles. The van der Waals surface area contributed by atoms with E-state index >= 15 is 0 Å². The van der Waals surface area contributed by atoms with E-state index in [0.29, 0.717) is 22.5 Å². The summed E-state index contributed by atoms with van der Waals surface area (Å²) in [5.41, 5.74) is 4.03. The first-order valence-corrected chi connectivity index (χ1v) is 18.7. The molecule has 2 aromatic rings. The molecule has 6 aliphatic rings. The van der Waals surface area contributed by atoms with Crippen molar-refractivity contribution in [3.63, 3.8) is 0 Å². The molecule has 1 spiro atoms. The predicted octanol–water partition coefficient (Wildman–Crippen LogP) is 4.07. The normalized spacial score (nSPS) is 26.9. The van der Waals surface area contributed by atoms with Crippen molar-refractivity contribution in [3.05, 3.63) is 59.2 Å². The van der Waals surface area contributed by atoms with Crippen LogP contribution in [-0.4, -0.2) is 97.2 Å². The van der Waals surface area contributed by atoms with E-state index in [1.165, 1.54) is 18.5 Å². The minimum Gasteiger partial charge on any atom is -0.371 e. The average Bonchev–Trinajstić information content (AvgIpc) is 3.63. The minimum atomic E-state index is -0.952. The fourth-order valence-corrected chi connectivity index (χ4v) is 10.7. The van der Waals surface area contributed by atoms with E-state index in [1.54, 1.807) is 6.07 Å². The van der Waals surface area contributed by atoms with Gasteiger partial charge in [0.1, 0.15) is 6.04 Å². The van der Waals surface area contributed by atoms with E-state index in [4.69, 9.17) is 0 Å². The molecule has 5 amide bonds. The lowest BCUT2D eigenvalue weighted by Crippen LogP contribution is -2.63. The second-order valence-electron chi connectivity index (χ2n) is 17.5. The third kappa shape index (κ3) is 6.01. The number of piperazine rings is 1. The molecule has 4 heterocycles. The maximum absolute atomic E-state index is 13.3. The molecule has 11 nitrogen and oxygen atoms in total. The topological polar surface area (TPSA) is 122 Å². The number of benzene rings is 2. The van der Waals surface area contributed by atoms with Crippen LogP contribution in [0, 0.1) is 22.2 Å². The molecule has 2 aromatic carbocycles. The molecule has 2 N–H and O–H groups in total. The van der Waals surface area contributed by atoms with Crippen LogP contribution < -0.4 is 20.4 Å². The van der Waals surface area contributed by atoms with Gasteiger partial charge < -0.3 is 15.1 Å². The Bertz CT molecular complexity index is 1770. The first-order chi connectivity index (χ1) is 24.2. The summed E-state index contributed by atoms with van der Waals surface area (Å²) in [7, 11) is 0. The summed E-state index contributed by atoms with van der Waals surface area (Å²) in [6.45, 7) is 15.9. The van der Waals surface area contributed by atoms with Gasteiger partial charge in [-0.15, -0.1) is 0 Å². The zero-order valence-corrected chi connectivity index (χ0v) is 30.3. The van der Waals surface area contributed by atoms with Gasteiger partial charge in [-0.1, -0.05) is 27.7 Å². The lowest BCUT2D eigenvalue weighted by Gasteiger charge is -2.57. The summed E-state index contributed by atoms with van der Waals surface area (Å²) in [4.78, 5) is 71.9. The Morgan fingerprint density at radius 3 is 2.16 bits per heavy atom. The van der Waals surface area contributed by atoms with Crippen LogP contribution in [0.3, 0.4) is 0 Å². The second-order valence-corrected chi connectivity index (χ2v) is 17.5. The molecule has 2 aliphatic carbocycles. The maximum atomic E-state index is 13.3. The van der Waals surface area contributed by atoms with Crippen molar-refractivity contribution >= 4 is 40.9 Å². The molecule has 0 bridgehead atoms. The summed E-state index contributed by atoms with van der Waals surface area (Å²) < 4.78 is 0. The number of hydrogen-bond acceptors (Lipinski definition) is 8. The summed E-state index contributed by atoms with van der Waals surface area (Å²) >= 11 is 0. The van der Waals surface area contributed by atoms with Crippen LogP contribution in [0.1, 0.15) is 97.3 Å². The third-order valence-electron chi connectivity index (χ3n) is 12.8. The van der Waals surface area contributed by atoms with Gasteiger partial charge in [0.15, 0.2) is 0 Å². The number of fused-ring (bicyclic) bond motifs is 1. The Morgan fingerprint density at radius 2 is 1.49 bits per heavy atom. The molecular weight excluding hydrogens is 644 g/mol. The summed E-state index contributed by atoms with van der Waals surface area (Å²) in [5.74, 6) is -1.20. The van der Waals surface area contributed by atoms with Crippen molar-refractivity contribution < 1.29 is 24.0 Å². The Labute approximate surface area is 300 Å². The van der Waals surface area contributed by atoms with Crippen LogP contribution in [-0.2, 0) is 9.59 Å². The molecule has 1 atom stereocenters. The molecule has 0 aromatic heterocycles. The number of imide groups is 2. The highest BCUT2D eigenvalue weighted by atomic mass is 16.2. The Kier molecular flexibility index (Phi) is 8.08. The van der Waals surface area contributed by atoms with Gasteiger partial charge in [-0.25, -0.2) is 0 Å². The van der Waals surface area contributed by atoms with E-state index in [0.717, 1.165) is 74.8 Å². The molecule has 4 aliphatic heterocycles. The number of nitrogens with zero attached hydrogens (tertiary/aromatic N) is 4. The molecular formula is C40H50N6O5. The summed E-state index contributed by atoms with van der Waals surface area (Å²) in [6, 6.07) is 12.8. The number of carbonyl (C=O) groups excluding carboxylic acids is 5. The standard InChI is InChI=1S/C40H50N6O5/c1-38(2)23-39(3,4)37(38)42-33(48)26-5-7-27(8-6-26)44-17-15-43(16-18-44)22-25-20-40(21-25)13-14-45(24-40)28-9-10-29-30(19-28)36(51)46(35(29)50)31-11-12-32(47)41-34(31)49/h5-10,19,25,31,37H,11-18,20-24H2,1-4H3,(H,42,48)(H,41,47,49). The molecule has 51 heavy (non-hydrogen) atoms. The first kappa shape index (κ1) is 33.9. The van der Waals surface area contributed by atoms with Gasteiger partial charge in [0, 0.05) is 75.2 Å². The van der Waals surface area contributed by atoms with Crippen molar-refractivity contribution in [2.24, 2.45) is 22.2 Å². The largest absolute Gasteiger partial charge is 0.371 e. The first-order valence-electron chi connectivity index (χ1n) is 18.7. The highest BCUT2D eigenvalue weighted by molar-refractivity contribution is 6.23. The number of amides is 5. The Balaban J connectivity index is 0.801. The zero-order chi connectivity index (χ0) is 35.9. The van der Waals surface area contributed by atoms with E-state index in [2.05, 4.69) is 65.2 Å². The third-order valence-corrected chi connectivity index (χ3v) is 12.8. The van der Waals surface area contributed by atoms with Crippen molar-refractivity contribution in [1.29, 1.82) is 0 Å². The van der Waals surface area contributed by atoms with Gasteiger partial charge in [0.25, 0.3) is 17.7 Å². The second kappa shape index (κ2) is 12.2. The molecule has 0 radical (unpaired) electrons. The Morgan fingerprint density at radius 1 is 0.824 bits per heavy atom. The van der Waals surface area contributed by atoms with E-state index < -0.39 is 23.8 Å². The minimum absolute atomic E-state index is 0.0121. The number of hydrogen-bond donors (Lipinski definition) is 2. The lowest BCUT2D eigenvalue weighted by molar-refractivity contribution is -0.136. The van der Waals surface area contributed by atoms with Crippen LogP contribution in [0.15, 0.2) is 42.5 Å². The monoisotopic (exact) mass is 694 g/mol. The number of nitrogens with one attached hydrogen (secondary N) is 2. The molecule has 5 fully saturated rings. The highest BCUT2D eigenvalue weighted by Gasteiger charge is 2.54. The van der Waals surface area contributed by atoms with Crippen LogP contribution >= 0.6 is 0 Å². The smallest absolute Gasteiger partial charge is 0.262 e. The quantitative estimate of drug-likeness (QED) is 0.417. The fraction of sp³-hybridized carbons (Fsp3) is 0.575. The number of carbonyl (C=O) groups is 5. The molecule has 11 heteroatoms. The highest BCUT2D eigenvalue weighted by Crippen LogP contribution is 2.54. The average molecular weight is 695 g/mol. The van der Waals surface area contributed by atoms with E-state index in [1.807, 2.05) is 24.3 Å². The van der Waals surface area contributed by atoms with Crippen molar-refractivity contribution in [2.75, 3.05) is 55.6 Å². The van der Waals surface area contributed by atoms with Crippen LogP contribution in [0.2, 0.25) is 0 Å². The van der Waals surface area contributed by atoms with Gasteiger partial charge in [-0.2, -0.15) is 0 Å². The van der Waals surface area contributed by atoms with Gasteiger partial charge in [-0.05, 0) is 96.7 Å². The molecule has 270 valence electrons. The van der Waals surface area contributed by atoms with Gasteiger partial charge in [0.2, 0.25) is 11.8 Å². The van der Waals surface area contributed by atoms with Crippen LogP contribution in [0.25, 0.3) is 0 Å². The van der Waals surface area contributed by atoms with Gasteiger partial charge in [0.05, 0.1) is 11.1 Å². The van der Waals surface area contributed by atoms with Crippen molar-refractivity contribution in [1.82, 2.24) is 20.4 Å². The number of anilines is 2. The van der Waals surface area contributed by atoms with E-state index in [-0.39, 0.29) is 41.5 Å². The van der Waals surface area contributed by atoms with E-state index in [9.17, 15) is 24.0 Å². The van der Waals surface area contributed by atoms with Gasteiger partial charge in [-0.3, -0.25) is 39.1 Å². The lowest BCUT2D eigenvalue weighted by atomic mass is 9.52. The number of rotatable bonds is 7. The summed E-state index contributed by atoms with van der Waals surface area (Å²) in [6.07, 6.45) is 4.90. The predicted molar refractivity (Wildman–Crippen MR) is 194 cm³/mol. The van der Waals surface area contributed by atoms with Crippen LogP contribution in [0.4, 0.5) is 11.4 Å². The fourth-order valence-electron chi connectivity index (χ4n) is 10.7. The zero-order valence-electron chi connectivity index (χ0n) is 30.3. The molecule has 3 saturated heterocycles. The SMILES string of the molecule is CC1(C)CC(C)(C)C1NC(=O)c1ccc(N2CCN(CC3CC4(CCN(c5ccc6c(c5)C(=O)N(C5CCC(=O)NC5=O)C6=O)C4)C3)CC2)cc1.